The van der Waals surface area contributed by atoms with Gasteiger partial charge in [0, 0.05) is 0 Å². The minimum Gasteiger partial charge on any atom is -0.423 e. The van der Waals surface area contributed by atoms with Crippen LogP contribution in [0.1, 0.15) is 20.8 Å². The van der Waals surface area contributed by atoms with Crippen LogP contribution in [0, 0.1) is 0 Å². The van der Waals surface area contributed by atoms with Crippen molar-refractivity contribution in [1.82, 2.24) is 0 Å². The molecule has 0 rings (SSSR count). The van der Waals surface area contributed by atoms with Crippen LogP contribution < -0.4 is 0 Å². The van der Waals surface area contributed by atoms with Crippen LogP contribution in [0.15, 0.2) is 72.6 Å². The van der Waals surface area contributed by atoms with Gasteiger partial charge in [0.05, 0.1) is 5.57 Å². The molecule has 0 aromatic carbocycles. The molecule has 96 valence electrons. The second-order valence-corrected chi connectivity index (χ2v) is 3.32. The maximum absolute atomic E-state index is 11.8. The Bertz CT molecular complexity index is 418. The molecule has 0 aromatic rings. The van der Waals surface area contributed by atoms with Crippen molar-refractivity contribution < 1.29 is 9.53 Å². The van der Waals surface area contributed by atoms with E-state index in [0.29, 0.717) is 11.3 Å². The molecule has 0 fully saturated rings. The van der Waals surface area contributed by atoms with Gasteiger partial charge in [-0.25, -0.2) is 4.79 Å². The standard InChI is InChI=1S/C16H20O2/c1-5-9-11-12-14(7-3)16(17)18-15(8-4)13-10-6-2/h5-13H,4H2,1-3H3/b9-5-,10-6-,12-11-,14-7+,15-13+. The number of rotatable bonds is 6. The summed E-state index contributed by atoms with van der Waals surface area (Å²) in [5.41, 5.74) is 0.501. The molecule has 0 aromatic heterocycles. The highest BCUT2D eigenvalue weighted by Crippen LogP contribution is 2.07. The van der Waals surface area contributed by atoms with Gasteiger partial charge in [0.15, 0.2) is 0 Å². The van der Waals surface area contributed by atoms with Crippen LogP contribution in [0.2, 0.25) is 0 Å². The topological polar surface area (TPSA) is 26.3 Å². The van der Waals surface area contributed by atoms with Crippen LogP contribution in [0.25, 0.3) is 0 Å². The molecule has 0 radical (unpaired) electrons. The number of esters is 1. The number of hydrogen-bond donors (Lipinski definition) is 0. The van der Waals surface area contributed by atoms with E-state index in [1.807, 2.05) is 32.1 Å². The zero-order valence-corrected chi connectivity index (χ0v) is 11.2. The smallest absolute Gasteiger partial charge is 0.343 e. The van der Waals surface area contributed by atoms with Crippen LogP contribution in [0.3, 0.4) is 0 Å². The molecule has 0 aliphatic carbocycles. The molecule has 0 saturated carbocycles. The lowest BCUT2D eigenvalue weighted by Crippen LogP contribution is -2.05. The summed E-state index contributed by atoms with van der Waals surface area (Å²) < 4.78 is 5.19. The van der Waals surface area contributed by atoms with Gasteiger partial charge in [-0.15, -0.1) is 0 Å². The minimum atomic E-state index is -0.395. The molecule has 18 heavy (non-hydrogen) atoms. The van der Waals surface area contributed by atoms with Crippen LogP contribution in [-0.2, 0) is 9.53 Å². The number of carbonyl (C=O) groups is 1. The lowest BCUT2D eigenvalue weighted by molar-refractivity contribution is -0.134. The number of allylic oxidation sites excluding steroid dienone is 8. The normalized spacial score (nSPS) is 13.7. The second kappa shape index (κ2) is 10.1. The van der Waals surface area contributed by atoms with Crippen LogP contribution in [-0.4, -0.2) is 5.97 Å². The van der Waals surface area contributed by atoms with E-state index in [0.717, 1.165) is 0 Å². The van der Waals surface area contributed by atoms with Crippen LogP contribution in [0.4, 0.5) is 0 Å². The number of carbonyl (C=O) groups excluding carboxylic acids is 1. The Hall–Kier alpha value is -2.09. The zero-order valence-electron chi connectivity index (χ0n) is 11.2. The molecule has 2 nitrogen and oxygen atoms in total. The molecule has 0 bridgehead atoms. The van der Waals surface area contributed by atoms with Crippen molar-refractivity contribution in [3.8, 4) is 0 Å². The molecule has 0 unspecified atom stereocenters. The summed E-state index contributed by atoms with van der Waals surface area (Å²) in [7, 11) is 0. The first kappa shape index (κ1) is 15.9. The fourth-order valence-electron chi connectivity index (χ4n) is 1.05. The molecule has 0 aliphatic rings. The largest absolute Gasteiger partial charge is 0.423 e. The summed E-state index contributed by atoms with van der Waals surface area (Å²) in [5, 5.41) is 0. The van der Waals surface area contributed by atoms with E-state index in [1.165, 1.54) is 6.08 Å². The van der Waals surface area contributed by atoms with Gasteiger partial charge < -0.3 is 4.74 Å². The lowest BCUT2D eigenvalue weighted by Gasteiger charge is -2.04. The van der Waals surface area contributed by atoms with Gasteiger partial charge in [-0.2, -0.15) is 0 Å². The monoisotopic (exact) mass is 244 g/mol. The van der Waals surface area contributed by atoms with E-state index in [1.54, 1.807) is 37.3 Å². The SMILES string of the molecule is C=C/C(=C\C=C/C)OC(=O)C(/C=C\C=C/C)=C/C. The van der Waals surface area contributed by atoms with Crippen molar-refractivity contribution in [2.45, 2.75) is 20.8 Å². The van der Waals surface area contributed by atoms with E-state index >= 15 is 0 Å². The number of ether oxygens (including phenoxy) is 1. The summed E-state index contributed by atoms with van der Waals surface area (Å²) in [6, 6.07) is 0. The van der Waals surface area contributed by atoms with Crippen molar-refractivity contribution >= 4 is 5.97 Å². The summed E-state index contributed by atoms with van der Waals surface area (Å²) in [6.45, 7) is 9.19. The van der Waals surface area contributed by atoms with Gasteiger partial charge in [0.25, 0.3) is 0 Å². The maximum atomic E-state index is 11.8. The molecule has 0 heterocycles. The van der Waals surface area contributed by atoms with E-state index in [4.69, 9.17) is 4.74 Å². The molecule has 0 amide bonds. The quantitative estimate of drug-likeness (QED) is 0.302. The van der Waals surface area contributed by atoms with E-state index in [-0.39, 0.29) is 0 Å². The summed E-state index contributed by atoms with van der Waals surface area (Å²) in [5.74, 6) is 0.0331. The average molecular weight is 244 g/mol. The van der Waals surface area contributed by atoms with Gasteiger partial charge in [0.1, 0.15) is 5.76 Å². The fourth-order valence-corrected chi connectivity index (χ4v) is 1.05. The second-order valence-electron chi connectivity index (χ2n) is 3.32. The maximum Gasteiger partial charge on any atom is 0.343 e. The zero-order chi connectivity index (χ0) is 13.8. The third kappa shape index (κ3) is 6.48. The van der Waals surface area contributed by atoms with Gasteiger partial charge >= 0.3 is 5.97 Å². The third-order valence-electron chi connectivity index (χ3n) is 1.99. The Balaban J connectivity index is 4.77. The fraction of sp³-hybridized carbons (Fsp3) is 0.188. The van der Waals surface area contributed by atoms with Gasteiger partial charge in [0.2, 0.25) is 0 Å². The Morgan fingerprint density at radius 3 is 2.22 bits per heavy atom. The van der Waals surface area contributed by atoms with E-state index in [2.05, 4.69) is 6.58 Å². The van der Waals surface area contributed by atoms with Crippen molar-refractivity contribution in [3.63, 3.8) is 0 Å². The molecule has 0 spiro atoms. The Kier molecular flexibility index (Phi) is 8.92. The molecule has 2 heteroatoms. The Morgan fingerprint density at radius 1 is 1.06 bits per heavy atom. The first-order chi connectivity index (χ1) is 8.69. The van der Waals surface area contributed by atoms with E-state index < -0.39 is 5.97 Å². The van der Waals surface area contributed by atoms with Crippen molar-refractivity contribution in [2.24, 2.45) is 0 Å². The Morgan fingerprint density at radius 2 is 1.72 bits per heavy atom. The molecule has 0 N–H and O–H groups in total. The third-order valence-corrected chi connectivity index (χ3v) is 1.99. The lowest BCUT2D eigenvalue weighted by atomic mass is 10.2. The van der Waals surface area contributed by atoms with Crippen molar-refractivity contribution in [2.75, 3.05) is 0 Å². The molecular weight excluding hydrogens is 224 g/mol. The molecular formula is C16H20O2. The van der Waals surface area contributed by atoms with E-state index in [9.17, 15) is 4.79 Å². The van der Waals surface area contributed by atoms with Crippen LogP contribution >= 0.6 is 0 Å². The van der Waals surface area contributed by atoms with Gasteiger partial charge in [-0.05, 0) is 39.0 Å². The predicted molar refractivity (Wildman–Crippen MR) is 76.9 cm³/mol. The summed E-state index contributed by atoms with van der Waals surface area (Å²) in [4.78, 5) is 11.8. The first-order valence-electron chi connectivity index (χ1n) is 5.82. The Labute approximate surface area is 109 Å². The average Bonchev–Trinajstić information content (AvgIpc) is 2.39. The molecule has 0 atom stereocenters. The summed E-state index contributed by atoms with van der Waals surface area (Å²) >= 11 is 0. The first-order valence-corrected chi connectivity index (χ1v) is 5.82. The number of hydrogen-bond acceptors (Lipinski definition) is 2. The minimum absolute atomic E-state index is 0.395. The van der Waals surface area contributed by atoms with Crippen molar-refractivity contribution in [1.29, 1.82) is 0 Å². The van der Waals surface area contributed by atoms with Gasteiger partial charge in [-0.3, -0.25) is 0 Å². The molecule has 0 saturated heterocycles. The summed E-state index contributed by atoms with van der Waals surface area (Å²) in [6.07, 6.45) is 15.8. The van der Waals surface area contributed by atoms with Crippen molar-refractivity contribution in [3.05, 3.63) is 72.6 Å². The highest BCUT2D eigenvalue weighted by atomic mass is 16.5. The highest BCUT2D eigenvalue weighted by Gasteiger charge is 2.07. The molecule has 0 aliphatic heterocycles. The van der Waals surface area contributed by atoms with Crippen LogP contribution in [0.5, 0.6) is 0 Å². The highest BCUT2D eigenvalue weighted by molar-refractivity contribution is 5.92. The predicted octanol–water partition coefficient (Wildman–Crippen LogP) is 4.25. The van der Waals surface area contributed by atoms with Gasteiger partial charge in [-0.1, -0.05) is 43.0 Å².